The van der Waals surface area contributed by atoms with Gasteiger partial charge in [-0.3, -0.25) is 9.59 Å². The molecule has 7 nitrogen and oxygen atoms in total. The third kappa shape index (κ3) is 2.72. The Morgan fingerprint density at radius 2 is 1.92 bits per heavy atom. The first-order chi connectivity index (χ1) is 12.0. The van der Waals surface area contributed by atoms with E-state index >= 15 is 0 Å². The van der Waals surface area contributed by atoms with E-state index in [2.05, 4.69) is 10.2 Å². The molecule has 3 fully saturated rings. The zero-order chi connectivity index (χ0) is 17.7. The highest BCUT2D eigenvalue weighted by atomic mass is 16.3. The van der Waals surface area contributed by atoms with Crippen LogP contribution in [0.5, 0.6) is 5.75 Å². The molecule has 1 saturated carbocycles. The van der Waals surface area contributed by atoms with E-state index in [1.807, 2.05) is 13.1 Å². The first-order valence-corrected chi connectivity index (χ1v) is 8.49. The molecule has 3 atom stereocenters. The second-order valence-electron chi connectivity index (χ2n) is 7.33. The van der Waals surface area contributed by atoms with Gasteiger partial charge in [0.1, 0.15) is 11.8 Å². The van der Waals surface area contributed by atoms with Crippen LogP contribution in [0.2, 0.25) is 0 Å². The van der Waals surface area contributed by atoms with E-state index in [9.17, 15) is 14.7 Å². The summed E-state index contributed by atoms with van der Waals surface area (Å²) in [7, 11) is 2.00. The Morgan fingerprint density at radius 1 is 1.24 bits per heavy atom. The maximum absolute atomic E-state index is 12.6. The van der Waals surface area contributed by atoms with Crippen LogP contribution in [0.4, 0.5) is 0 Å². The highest BCUT2D eigenvalue weighted by molar-refractivity contribution is 5.95. The minimum atomic E-state index is -0.130. The van der Waals surface area contributed by atoms with Gasteiger partial charge in [-0.1, -0.05) is 0 Å². The lowest BCUT2D eigenvalue weighted by Gasteiger charge is -2.35. The molecule has 3 aliphatic rings. The number of nitrogens with zero attached hydrogens (tertiary/aromatic N) is 3. The van der Waals surface area contributed by atoms with Gasteiger partial charge in [0.2, 0.25) is 5.91 Å². The summed E-state index contributed by atoms with van der Waals surface area (Å²) >= 11 is 0. The molecule has 1 aromatic rings. The summed E-state index contributed by atoms with van der Waals surface area (Å²) in [6.45, 7) is 2.89. The van der Waals surface area contributed by atoms with Crippen LogP contribution in [0, 0.1) is 29.1 Å². The van der Waals surface area contributed by atoms with E-state index in [0.29, 0.717) is 30.5 Å². The van der Waals surface area contributed by atoms with Crippen LogP contribution >= 0.6 is 0 Å². The normalized spacial score (nSPS) is 28.0. The second kappa shape index (κ2) is 5.74. The van der Waals surface area contributed by atoms with Gasteiger partial charge in [0.25, 0.3) is 5.91 Å². The lowest BCUT2D eigenvalue weighted by Crippen LogP contribution is -2.52. The molecular weight excluding hydrogens is 320 g/mol. The van der Waals surface area contributed by atoms with Crippen LogP contribution < -0.4 is 5.32 Å². The number of rotatable bonds is 3. The number of nitrogens with one attached hydrogen (secondary N) is 1. The van der Waals surface area contributed by atoms with Crippen LogP contribution in [-0.4, -0.2) is 66.0 Å². The number of hydrogen-bond acceptors (Lipinski definition) is 5. The first kappa shape index (κ1) is 15.9. The van der Waals surface area contributed by atoms with Crippen LogP contribution in [0.3, 0.4) is 0 Å². The highest BCUT2D eigenvalue weighted by Crippen LogP contribution is 2.46. The minimum Gasteiger partial charge on any atom is -0.507 e. The number of nitriles is 1. The van der Waals surface area contributed by atoms with Crippen molar-refractivity contribution >= 4 is 11.8 Å². The average Bonchev–Trinajstić information content (AvgIpc) is 3.01. The van der Waals surface area contributed by atoms with Crippen molar-refractivity contribution in [3.63, 3.8) is 0 Å². The number of piperidine rings is 1. The third-order valence-electron chi connectivity index (χ3n) is 5.59. The van der Waals surface area contributed by atoms with Gasteiger partial charge in [0, 0.05) is 49.6 Å². The van der Waals surface area contributed by atoms with Gasteiger partial charge in [-0.15, -0.1) is 0 Å². The summed E-state index contributed by atoms with van der Waals surface area (Å²) in [6.07, 6.45) is 0. The van der Waals surface area contributed by atoms with Crippen LogP contribution in [0.25, 0.3) is 0 Å². The molecule has 130 valence electrons. The SMILES string of the molecule is CN1CC(C(=O)NC2[C@H]3CN(C(=O)c4ccc(O)c(C#N)c4)C[C@@H]23)C1. The molecule has 2 amide bonds. The maximum atomic E-state index is 12.6. The van der Waals surface area contributed by atoms with Gasteiger partial charge < -0.3 is 20.2 Å². The topological polar surface area (TPSA) is 96.7 Å². The minimum absolute atomic E-state index is 0.102. The molecule has 4 rings (SSSR count). The molecule has 0 radical (unpaired) electrons. The van der Waals surface area contributed by atoms with E-state index in [-0.39, 0.29) is 35.1 Å². The Bertz CT molecular complexity index is 769. The Morgan fingerprint density at radius 3 is 2.52 bits per heavy atom. The maximum Gasteiger partial charge on any atom is 0.253 e. The predicted octanol–water partition coefficient (Wildman–Crippen LogP) is 0.0121. The number of fused-ring (bicyclic) bond motifs is 1. The summed E-state index contributed by atoms with van der Waals surface area (Å²) < 4.78 is 0. The number of hydrogen-bond donors (Lipinski definition) is 2. The van der Waals surface area contributed by atoms with Crippen LogP contribution in [0.1, 0.15) is 15.9 Å². The summed E-state index contributed by atoms with van der Waals surface area (Å²) in [5, 5.41) is 21.6. The van der Waals surface area contributed by atoms with Crippen molar-refractivity contribution in [2.75, 3.05) is 33.2 Å². The van der Waals surface area contributed by atoms with Gasteiger partial charge in [-0.25, -0.2) is 0 Å². The standard InChI is InChI=1S/C18H20N4O3/c1-21-6-12(7-21)17(24)20-16-13-8-22(9-14(13)16)18(25)10-2-3-15(23)11(4-10)5-19/h2-4,12-14,16,23H,6-9H2,1H3,(H,20,24)/t13-,14+,16?. The second-order valence-corrected chi connectivity index (χ2v) is 7.33. The Labute approximate surface area is 145 Å². The number of phenols is 1. The van der Waals surface area contributed by atoms with Crippen molar-refractivity contribution in [1.29, 1.82) is 5.26 Å². The number of aromatic hydroxyl groups is 1. The Balaban J connectivity index is 1.32. The molecule has 2 saturated heterocycles. The van der Waals surface area contributed by atoms with Gasteiger partial charge in [-0.05, 0) is 25.2 Å². The smallest absolute Gasteiger partial charge is 0.253 e. The zero-order valence-electron chi connectivity index (χ0n) is 14.0. The lowest BCUT2D eigenvalue weighted by atomic mass is 10.0. The summed E-state index contributed by atoms with van der Waals surface area (Å²) in [4.78, 5) is 28.6. The number of amides is 2. The number of phenolic OH excluding ortho intramolecular Hbond substituents is 1. The number of carbonyl (C=O) groups is 2. The summed E-state index contributed by atoms with van der Waals surface area (Å²) in [5.41, 5.74) is 0.513. The average molecular weight is 340 g/mol. The van der Waals surface area contributed by atoms with Crippen molar-refractivity contribution in [3.05, 3.63) is 29.3 Å². The fraction of sp³-hybridized carbons (Fsp3) is 0.500. The third-order valence-corrected chi connectivity index (χ3v) is 5.59. The zero-order valence-corrected chi connectivity index (χ0v) is 14.0. The van der Waals surface area contributed by atoms with Crippen molar-refractivity contribution in [2.24, 2.45) is 17.8 Å². The van der Waals surface area contributed by atoms with E-state index in [0.717, 1.165) is 13.1 Å². The monoisotopic (exact) mass is 340 g/mol. The molecule has 1 unspecified atom stereocenters. The van der Waals surface area contributed by atoms with E-state index in [1.165, 1.54) is 18.2 Å². The Kier molecular flexibility index (Phi) is 3.65. The lowest BCUT2D eigenvalue weighted by molar-refractivity contribution is -0.129. The van der Waals surface area contributed by atoms with E-state index in [4.69, 9.17) is 5.26 Å². The molecule has 1 aromatic carbocycles. The van der Waals surface area contributed by atoms with Crippen molar-refractivity contribution < 1.29 is 14.7 Å². The molecular formula is C18H20N4O3. The molecule has 0 bridgehead atoms. The van der Waals surface area contributed by atoms with Gasteiger partial charge >= 0.3 is 0 Å². The molecule has 7 heteroatoms. The van der Waals surface area contributed by atoms with Gasteiger partial charge in [-0.2, -0.15) is 5.26 Å². The Hall–Kier alpha value is -2.59. The quantitative estimate of drug-likeness (QED) is 0.808. The van der Waals surface area contributed by atoms with E-state index < -0.39 is 0 Å². The van der Waals surface area contributed by atoms with Crippen molar-refractivity contribution in [1.82, 2.24) is 15.1 Å². The predicted molar refractivity (Wildman–Crippen MR) is 88.6 cm³/mol. The molecule has 1 aliphatic carbocycles. The van der Waals surface area contributed by atoms with Crippen molar-refractivity contribution in [3.8, 4) is 11.8 Å². The molecule has 0 aromatic heterocycles. The number of likely N-dealkylation sites (tertiary alicyclic amines) is 2. The van der Waals surface area contributed by atoms with Gasteiger partial charge in [0.15, 0.2) is 0 Å². The molecule has 2 heterocycles. The first-order valence-electron chi connectivity index (χ1n) is 8.49. The van der Waals surface area contributed by atoms with Crippen LogP contribution in [-0.2, 0) is 4.79 Å². The van der Waals surface area contributed by atoms with E-state index in [1.54, 1.807) is 4.90 Å². The summed E-state index contributed by atoms with van der Waals surface area (Å²) in [6, 6.07) is 6.41. The number of benzene rings is 1. The fourth-order valence-corrected chi connectivity index (χ4v) is 3.99. The fourth-order valence-electron chi connectivity index (χ4n) is 3.99. The molecule has 0 spiro atoms. The summed E-state index contributed by atoms with van der Waals surface area (Å²) in [5.74, 6) is 0.650. The molecule has 25 heavy (non-hydrogen) atoms. The van der Waals surface area contributed by atoms with Crippen LogP contribution in [0.15, 0.2) is 18.2 Å². The molecule has 2 aliphatic heterocycles. The molecule has 2 N–H and O–H groups in total. The van der Waals surface area contributed by atoms with Crippen molar-refractivity contribution in [2.45, 2.75) is 6.04 Å². The largest absolute Gasteiger partial charge is 0.507 e. The highest BCUT2D eigenvalue weighted by Gasteiger charge is 2.57. The van der Waals surface area contributed by atoms with Gasteiger partial charge in [0.05, 0.1) is 11.5 Å². The number of carbonyl (C=O) groups excluding carboxylic acids is 2.